The second-order valence-corrected chi connectivity index (χ2v) is 4.19. The van der Waals surface area contributed by atoms with Crippen LogP contribution in [-0.2, 0) is 6.54 Å². The van der Waals surface area contributed by atoms with Crippen molar-refractivity contribution < 1.29 is 4.39 Å². The molecule has 0 bridgehead atoms. The van der Waals surface area contributed by atoms with E-state index in [1.807, 2.05) is 0 Å². The molecule has 0 aromatic carbocycles. The molecule has 0 aliphatic carbocycles. The highest BCUT2D eigenvalue weighted by Gasteiger charge is 2.09. The van der Waals surface area contributed by atoms with Crippen molar-refractivity contribution in [2.75, 3.05) is 26.2 Å². The number of halogens is 1. The molecular formula is C12H18FN3. The van der Waals surface area contributed by atoms with E-state index in [9.17, 15) is 4.39 Å². The van der Waals surface area contributed by atoms with Crippen LogP contribution < -0.4 is 5.32 Å². The van der Waals surface area contributed by atoms with E-state index in [2.05, 4.69) is 15.2 Å². The molecule has 3 nitrogen and oxygen atoms in total. The van der Waals surface area contributed by atoms with E-state index in [-0.39, 0.29) is 5.82 Å². The maximum Gasteiger partial charge on any atom is 0.141 e. The van der Waals surface area contributed by atoms with Crippen LogP contribution in [-0.4, -0.2) is 36.1 Å². The molecule has 0 atom stereocenters. The van der Waals surface area contributed by atoms with Gasteiger partial charge in [-0.3, -0.25) is 4.98 Å². The fourth-order valence-corrected chi connectivity index (χ4v) is 1.97. The molecule has 0 spiro atoms. The Morgan fingerprint density at radius 1 is 1.31 bits per heavy atom. The first-order valence-electron chi connectivity index (χ1n) is 5.88. The summed E-state index contributed by atoms with van der Waals surface area (Å²) in [6, 6.07) is 3.17. The first kappa shape index (κ1) is 11.5. The Hall–Kier alpha value is -1.00. The standard InChI is InChI=1S/C12H18FN3/c13-11-3-4-12(15-9-11)10-14-5-8-16-6-1-2-7-16/h3-4,9,14H,1-2,5-8,10H2. The van der Waals surface area contributed by atoms with Crippen LogP contribution in [0.3, 0.4) is 0 Å². The Bertz CT molecular complexity index is 307. The minimum atomic E-state index is -0.277. The molecule has 0 amide bonds. The van der Waals surface area contributed by atoms with Crippen LogP contribution in [0.2, 0.25) is 0 Å². The Labute approximate surface area is 95.7 Å². The molecule has 0 unspecified atom stereocenters. The third-order valence-electron chi connectivity index (χ3n) is 2.90. The van der Waals surface area contributed by atoms with Gasteiger partial charge in [-0.05, 0) is 38.1 Å². The van der Waals surface area contributed by atoms with Gasteiger partial charge in [-0.2, -0.15) is 0 Å². The first-order chi connectivity index (χ1) is 7.84. The quantitative estimate of drug-likeness (QED) is 0.765. The number of rotatable bonds is 5. The Balaban J connectivity index is 1.62. The van der Waals surface area contributed by atoms with Crippen LogP contribution in [0, 0.1) is 5.82 Å². The molecule has 1 aromatic rings. The van der Waals surface area contributed by atoms with Crippen LogP contribution >= 0.6 is 0 Å². The SMILES string of the molecule is Fc1ccc(CNCCN2CCCC2)nc1. The first-order valence-corrected chi connectivity index (χ1v) is 5.88. The van der Waals surface area contributed by atoms with Gasteiger partial charge in [0.05, 0.1) is 11.9 Å². The molecular weight excluding hydrogens is 205 g/mol. The van der Waals surface area contributed by atoms with Crippen LogP contribution in [0.25, 0.3) is 0 Å². The van der Waals surface area contributed by atoms with Crippen molar-refractivity contribution in [1.29, 1.82) is 0 Å². The number of nitrogens with zero attached hydrogens (tertiary/aromatic N) is 2. The van der Waals surface area contributed by atoms with Crippen LogP contribution in [0.1, 0.15) is 18.5 Å². The zero-order valence-electron chi connectivity index (χ0n) is 9.45. The predicted octanol–water partition coefficient (Wildman–Crippen LogP) is 1.41. The van der Waals surface area contributed by atoms with E-state index < -0.39 is 0 Å². The van der Waals surface area contributed by atoms with E-state index >= 15 is 0 Å². The smallest absolute Gasteiger partial charge is 0.141 e. The van der Waals surface area contributed by atoms with Crippen molar-refractivity contribution in [1.82, 2.24) is 15.2 Å². The van der Waals surface area contributed by atoms with Crippen LogP contribution in [0.15, 0.2) is 18.3 Å². The third-order valence-corrected chi connectivity index (χ3v) is 2.90. The summed E-state index contributed by atoms with van der Waals surface area (Å²) in [4.78, 5) is 6.46. The summed E-state index contributed by atoms with van der Waals surface area (Å²) in [6.45, 7) is 5.25. The Morgan fingerprint density at radius 2 is 2.12 bits per heavy atom. The number of pyridine rings is 1. The van der Waals surface area contributed by atoms with Gasteiger partial charge in [0.1, 0.15) is 5.82 Å². The molecule has 88 valence electrons. The fraction of sp³-hybridized carbons (Fsp3) is 0.583. The maximum atomic E-state index is 12.6. The lowest BCUT2D eigenvalue weighted by Crippen LogP contribution is -2.29. The molecule has 0 radical (unpaired) electrons. The molecule has 1 N–H and O–H groups in total. The van der Waals surface area contributed by atoms with Gasteiger partial charge < -0.3 is 10.2 Å². The molecule has 1 aliphatic heterocycles. The summed E-state index contributed by atoms with van der Waals surface area (Å²) in [5.74, 6) is -0.277. The summed E-state index contributed by atoms with van der Waals surface area (Å²) in [6.07, 6.45) is 3.93. The molecule has 0 saturated carbocycles. The van der Waals surface area contributed by atoms with Crippen molar-refractivity contribution in [3.8, 4) is 0 Å². The van der Waals surface area contributed by atoms with E-state index in [0.717, 1.165) is 18.8 Å². The highest BCUT2D eigenvalue weighted by molar-refractivity contribution is 5.04. The third kappa shape index (κ3) is 3.54. The fourth-order valence-electron chi connectivity index (χ4n) is 1.97. The second-order valence-electron chi connectivity index (χ2n) is 4.19. The average molecular weight is 223 g/mol. The maximum absolute atomic E-state index is 12.6. The Morgan fingerprint density at radius 3 is 2.81 bits per heavy atom. The number of aromatic nitrogens is 1. The van der Waals surface area contributed by atoms with E-state index in [1.54, 1.807) is 6.07 Å². The summed E-state index contributed by atoms with van der Waals surface area (Å²) >= 11 is 0. The summed E-state index contributed by atoms with van der Waals surface area (Å²) in [5.41, 5.74) is 0.892. The summed E-state index contributed by atoms with van der Waals surface area (Å²) in [5, 5.41) is 3.32. The number of hydrogen-bond acceptors (Lipinski definition) is 3. The molecule has 1 saturated heterocycles. The monoisotopic (exact) mass is 223 g/mol. The lowest BCUT2D eigenvalue weighted by molar-refractivity contribution is 0.335. The van der Waals surface area contributed by atoms with E-state index in [4.69, 9.17) is 0 Å². The van der Waals surface area contributed by atoms with Gasteiger partial charge in [0.25, 0.3) is 0 Å². The second kappa shape index (κ2) is 5.92. The largest absolute Gasteiger partial charge is 0.310 e. The molecule has 2 rings (SSSR count). The van der Waals surface area contributed by atoms with Crippen LogP contribution in [0.5, 0.6) is 0 Å². The molecule has 1 aliphatic rings. The average Bonchev–Trinajstić information content (AvgIpc) is 2.80. The van der Waals surface area contributed by atoms with Crippen molar-refractivity contribution in [3.05, 3.63) is 29.8 Å². The molecule has 4 heteroatoms. The van der Waals surface area contributed by atoms with Crippen molar-refractivity contribution in [2.24, 2.45) is 0 Å². The normalized spacial score (nSPS) is 16.8. The van der Waals surface area contributed by atoms with Crippen molar-refractivity contribution >= 4 is 0 Å². The molecule has 1 aromatic heterocycles. The van der Waals surface area contributed by atoms with Gasteiger partial charge in [-0.25, -0.2) is 4.39 Å². The topological polar surface area (TPSA) is 28.2 Å². The van der Waals surface area contributed by atoms with E-state index in [1.165, 1.54) is 38.2 Å². The number of hydrogen-bond donors (Lipinski definition) is 1. The summed E-state index contributed by atoms with van der Waals surface area (Å²) in [7, 11) is 0. The zero-order valence-corrected chi connectivity index (χ0v) is 9.45. The van der Waals surface area contributed by atoms with Gasteiger partial charge in [-0.15, -0.1) is 0 Å². The van der Waals surface area contributed by atoms with E-state index in [0.29, 0.717) is 6.54 Å². The van der Waals surface area contributed by atoms with Gasteiger partial charge in [0.15, 0.2) is 0 Å². The number of likely N-dealkylation sites (tertiary alicyclic amines) is 1. The summed E-state index contributed by atoms with van der Waals surface area (Å²) < 4.78 is 12.6. The highest BCUT2D eigenvalue weighted by Crippen LogP contribution is 2.05. The van der Waals surface area contributed by atoms with Gasteiger partial charge >= 0.3 is 0 Å². The van der Waals surface area contributed by atoms with Crippen molar-refractivity contribution in [2.45, 2.75) is 19.4 Å². The molecule has 16 heavy (non-hydrogen) atoms. The minimum absolute atomic E-state index is 0.277. The zero-order chi connectivity index (χ0) is 11.2. The minimum Gasteiger partial charge on any atom is -0.310 e. The highest BCUT2D eigenvalue weighted by atomic mass is 19.1. The van der Waals surface area contributed by atoms with Gasteiger partial charge in [-0.1, -0.05) is 0 Å². The lowest BCUT2D eigenvalue weighted by atomic mass is 10.3. The van der Waals surface area contributed by atoms with Gasteiger partial charge in [0, 0.05) is 19.6 Å². The predicted molar refractivity (Wildman–Crippen MR) is 61.6 cm³/mol. The molecule has 2 heterocycles. The molecule has 1 fully saturated rings. The lowest BCUT2D eigenvalue weighted by Gasteiger charge is -2.14. The number of nitrogens with one attached hydrogen (secondary N) is 1. The van der Waals surface area contributed by atoms with Gasteiger partial charge in [0.2, 0.25) is 0 Å². The Kier molecular flexibility index (Phi) is 4.25. The van der Waals surface area contributed by atoms with Crippen molar-refractivity contribution in [3.63, 3.8) is 0 Å². The van der Waals surface area contributed by atoms with Crippen LogP contribution in [0.4, 0.5) is 4.39 Å².